The first-order valence-electron chi connectivity index (χ1n) is 11.0. The largest absolute Gasteiger partial charge is 0.481 e. The van der Waals surface area contributed by atoms with Gasteiger partial charge in [0.05, 0.1) is 11.8 Å². The Bertz CT molecular complexity index is 1270. The van der Waals surface area contributed by atoms with Crippen molar-refractivity contribution < 1.29 is 14.3 Å². The number of benzene rings is 1. The molecule has 6 nitrogen and oxygen atoms in total. The number of hydrogen-bond donors (Lipinski definition) is 0. The molecule has 34 heavy (non-hydrogen) atoms. The Morgan fingerprint density at radius 1 is 1.26 bits per heavy atom. The molecule has 7 heteroatoms. The monoisotopic (exact) mass is 475 g/mol. The van der Waals surface area contributed by atoms with Crippen molar-refractivity contribution in [3.63, 3.8) is 0 Å². The molecule has 0 fully saturated rings. The standard InChI is InChI=1S/C27H26ClN3O3/c1-6-26(4)21(15-16-29)20(17-30)24(33-26)27(5,7-2)34-25(32)23-14-13-22(31(23)8-3)18-9-11-19(28)12-10-18/h8-15H,3,6-7H2,1-2,4-5H3/b21-15-. The minimum atomic E-state index is -1.22. The highest BCUT2D eigenvalue weighted by atomic mass is 35.5. The summed E-state index contributed by atoms with van der Waals surface area (Å²) in [6, 6.07) is 14.9. The van der Waals surface area contributed by atoms with Crippen molar-refractivity contribution in [2.75, 3.05) is 0 Å². The van der Waals surface area contributed by atoms with E-state index in [4.69, 9.17) is 21.1 Å². The van der Waals surface area contributed by atoms with E-state index in [0.717, 1.165) is 11.3 Å². The zero-order chi connectivity index (χ0) is 25.1. The topological polar surface area (TPSA) is 88.0 Å². The Hall–Kier alpha value is -3.74. The number of aromatic nitrogens is 1. The number of hydrogen-bond acceptors (Lipinski definition) is 5. The fourth-order valence-electron chi connectivity index (χ4n) is 3.96. The number of nitrogens with zero attached hydrogens (tertiary/aromatic N) is 3. The molecule has 1 aliphatic heterocycles. The lowest BCUT2D eigenvalue weighted by molar-refractivity contribution is -0.0443. The quantitative estimate of drug-likeness (QED) is 0.330. The predicted molar refractivity (Wildman–Crippen MR) is 131 cm³/mol. The molecule has 1 aromatic carbocycles. The van der Waals surface area contributed by atoms with Crippen molar-refractivity contribution in [1.29, 1.82) is 10.5 Å². The molecule has 0 N–H and O–H groups in total. The average molecular weight is 476 g/mol. The Labute approximate surface area is 205 Å². The molecule has 0 aliphatic carbocycles. The number of nitriles is 2. The van der Waals surface area contributed by atoms with Crippen molar-refractivity contribution in [3.05, 3.63) is 76.7 Å². The molecule has 0 saturated heterocycles. The number of ether oxygens (including phenoxy) is 2. The Morgan fingerprint density at radius 3 is 2.47 bits per heavy atom. The molecule has 2 aromatic rings. The van der Waals surface area contributed by atoms with Crippen molar-refractivity contribution in [1.82, 2.24) is 4.57 Å². The van der Waals surface area contributed by atoms with E-state index < -0.39 is 17.2 Å². The van der Waals surface area contributed by atoms with Gasteiger partial charge in [-0.15, -0.1) is 0 Å². The molecular formula is C27H26ClN3O3. The van der Waals surface area contributed by atoms with E-state index >= 15 is 0 Å². The van der Waals surface area contributed by atoms with Gasteiger partial charge in [0.2, 0.25) is 0 Å². The summed E-state index contributed by atoms with van der Waals surface area (Å²) in [7, 11) is 0. The molecule has 2 heterocycles. The minimum absolute atomic E-state index is 0.226. The van der Waals surface area contributed by atoms with Crippen molar-refractivity contribution in [3.8, 4) is 23.4 Å². The third-order valence-corrected chi connectivity index (χ3v) is 6.56. The molecule has 2 unspecified atom stereocenters. The summed E-state index contributed by atoms with van der Waals surface area (Å²) in [5, 5.41) is 19.8. The summed E-state index contributed by atoms with van der Waals surface area (Å²) in [6.07, 6.45) is 3.76. The molecular weight excluding hydrogens is 450 g/mol. The van der Waals surface area contributed by atoms with Crippen LogP contribution in [0.1, 0.15) is 51.0 Å². The van der Waals surface area contributed by atoms with Crippen molar-refractivity contribution >= 4 is 23.8 Å². The molecule has 0 amide bonds. The van der Waals surface area contributed by atoms with Crippen LogP contribution in [0, 0.1) is 22.7 Å². The van der Waals surface area contributed by atoms with Gasteiger partial charge in [-0.3, -0.25) is 0 Å². The van der Waals surface area contributed by atoms with Crippen LogP contribution < -0.4 is 0 Å². The van der Waals surface area contributed by atoms with Crippen LogP contribution in [0.15, 0.2) is 66.0 Å². The summed E-state index contributed by atoms with van der Waals surface area (Å²) >= 11 is 6.00. The molecule has 2 atom stereocenters. The fourth-order valence-corrected chi connectivity index (χ4v) is 4.08. The first-order chi connectivity index (χ1) is 16.2. The second-order valence-corrected chi connectivity index (χ2v) is 8.76. The molecule has 0 saturated carbocycles. The van der Waals surface area contributed by atoms with Crippen LogP contribution in [0.4, 0.5) is 0 Å². The lowest BCUT2D eigenvalue weighted by atomic mass is 9.88. The zero-order valence-electron chi connectivity index (χ0n) is 19.7. The van der Waals surface area contributed by atoms with Crippen LogP contribution in [0.5, 0.6) is 0 Å². The van der Waals surface area contributed by atoms with Gasteiger partial charge < -0.3 is 14.0 Å². The predicted octanol–water partition coefficient (Wildman–Crippen LogP) is 6.66. The van der Waals surface area contributed by atoms with Gasteiger partial charge in [-0.1, -0.05) is 44.2 Å². The fraction of sp³-hybridized carbons (Fsp3) is 0.296. The number of rotatable bonds is 7. The summed E-state index contributed by atoms with van der Waals surface area (Å²) in [5.74, 6) is -0.333. The third-order valence-electron chi connectivity index (χ3n) is 6.31. The van der Waals surface area contributed by atoms with Gasteiger partial charge in [0.25, 0.3) is 0 Å². The lowest BCUT2D eigenvalue weighted by Crippen LogP contribution is -2.36. The first-order valence-corrected chi connectivity index (χ1v) is 11.3. The maximum Gasteiger partial charge on any atom is 0.356 e. The van der Waals surface area contributed by atoms with E-state index in [0.29, 0.717) is 23.4 Å². The number of carbonyl (C=O) groups excluding carboxylic acids is 1. The van der Waals surface area contributed by atoms with Crippen LogP contribution in [-0.4, -0.2) is 21.7 Å². The SMILES string of the molecule is C=Cn1c(C(=O)OC(C)(CC)C2=C(C#N)/C(=C/C#N)C(C)(CC)O2)ccc1-c1ccc(Cl)cc1. The molecule has 1 aliphatic rings. The third kappa shape index (κ3) is 4.25. The summed E-state index contributed by atoms with van der Waals surface area (Å²) in [6.45, 7) is 11.1. The highest BCUT2D eigenvalue weighted by Crippen LogP contribution is 2.46. The Morgan fingerprint density at radius 2 is 1.94 bits per heavy atom. The second kappa shape index (κ2) is 9.63. The van der Waals surface area contributed by atoms with Crippen molar-refractivity contribution in [2.24, 2.45) is 0 Å². The maximum atomic E-state index is 13.3. The highest BCUT2D eigenvalue weighted by molar-refractivity contribution is 6.30. The van der Waals surface area contributed by atoms with Gasteiger partial charge in [0, 0.05) is 22.9 Å². The number of esters is 1. The average Bonchev–Trinajstić information content (AvgIpc) is 3.39. The lowest BCUT2D eigenvalue weighted by Gasteiger charge is -2.32. The van der Waals surface area contributed by atoms with E-state index in [9.17, 15) is 15.3 Å². The molecule has 3 rings (SSSR count). The van der Waals surface area contributed by atoms with Crippen molar-refractivity contribution in [2.45, 2.75) is 51.7 Å². The highest BCUT2D eigenvalue weighted by Gasteiger charge is 2.48. The van der Waals surface area contributed by atoms with E-state index in [1.165, 1.54) is 12.3 Å². The number of halogens is 1. The van der Waals surface area contributed by atoms with E-state index in [-0.39, 0.29) is 17.0 Å². The van der Waals surface area contributed by atoms with Crippen LogP contribution in [0.3, 0.4) is 0 Å². The molecule has 0 bridgehead atoms. The second-order valence-electron chi connectivity index (χ2n) is 8.33. The molecule has 0 spiro atoms. The Balaban J connectivity index is 2.02. The van der Waals surface area contributed by atoms with Gasteiger partial charge in [0.1, 0.15) is 22.9 Å². The molecule has 174 valence electrons. The maximum absolute atomic E-state index is 13.3. The summed E-state index contributed by atoms with van der Waals surface area (Å²) in [5.41, 5.74) is 0.531. The van der Waals surface area contributed by atoms with Gasteiger partial charge in [-0.25, -0.2) is 4.79 Å². The van der Waals surface area contributed by atoms with Gasteiger partial charge in [-0.05, 0) is 56.5 Å². The van der Waals surface area contributed by atoms with Crippen LogP contribution >= 0.6 is 11.6 Å². The van der Waals surface area contributed by atoms with E-state index in [1.807, 2.05) is 39.0 Å². The minimum Gasteiger partial charge on any atom is -0.481 e. The number of carbonyl (C=O) groups is 1. The van der Waals surface area contributed by atoms with Crippen LogP contribution in [0.2, 0.25) is 5.02 Å². The van der Waals surface area contributed by atoms with Crippen LogP contribution in [-0.2, 0) is 9.47 Å². The first kappa shape index (κ1) is 24.9. The van der Waals surface area contributed by atoms with Gasteiger partial charge >= 0.3 is 5.97 Å². The Kier molecular flexibility index (Phi) is 7.05. The molecule has 0 radical (unpaired) electrons. The number of allylic oxidation sites excluding steroid dienone is 1. The summed E-state index contributed by atoms with van der Waals surface area (Å²) < 4.78 is 13.9. The summed E-state index contributed by atoms with van der Waals surface area (Å²) in [4.78, 5) is 13.3. The molecule has 1 aromatic heterocycles. The van der Waals surface area contributed by atoms with Gasteiger partial charge in [-0.2, -0.15) is 10.5 Å². The van der Waals surface area contributed by atoms with E-state index in [2.05, 4.69) is 12.6 Å². The zero-order valence-corrected chi connectivity index (χ0v) is 20.4. The van der Waals surface area contributed by atoms with Crippen LogP contribution in [0.25, 0.3) is 17.5 Å². The smallest absolute Gasteiger partial charge is 0.356 e. The van der Waals surface area contributed by atoms with Gasteiger partial charge in [0.15, 0.2) is 11.4 Å². The van der Waals surface area contributed by atoms with E-state index in [1.54, 1.807) is 35.8 Å². The normalized spacial score (nSPS) is 20.3.